The van der Waals surface area contributed by atoms with E-state index in [9.17, 15) is 9.90 Å². The van der Waals surface area contributed by atoms with Crippen molar-refractivity contribution in [1.82, 2.24) is 4.98 Å². The first-order chi connectivity index (χ1) is 8.76. The number of anilines is 1. The lowest BCUT2D eigenvalue weighted by Gasteiger charge is -2.32. The molecule has 1 N–H and O–H groups in total. The number of nitrogens with zero attached hydrogens (tertiary/aromatic N) is 2. The summed E-state index contributed by atoms with van der Waals surface area (Å²) in [4.78, 5) is 17.3. The molecule has 100 valence electrons. The van der Waals surface area contributed by atoms with Gasteiger partial charge in [0.1, 0.15) is 6.26 Å². The van der Waals surface area contributed by atoms with Gasteiger partial charge in [-0.3, -0.25) is 0 Å². The summed E-state index contributed by atoms with van der Waals surface area (Å²) in [6.07, 6.45) is 1.26. The van der Waals surface area contributed by atoms with Crippen molar-refractivity contribution < 1.29 is 23.8 Å². The number of aliphatic hydroxyl groups excluding tert-OH is 1. The second kappa shape index (κ2) is 5.83. The number of carbonyl (C=O) groups excluding carboxylic acids is 1. The standard InChI is InChI=1S/C11H16N2O5/c1-2-17-10(15)9-7-18-11(12-9)13-3-4-16-6-8(13)5-14/h7-8,14H,2-6H2,1H3. The molecule has 1 atom stereocenters. The number of carbonyl (C=O) groups is 1. The minimum Gasteiger partial charge on any atom is -0.461 e. The van der Waals surface area contributed by atoms with E-state index in [1.54, 1.807) is 11.8 Å². The number of hydrogen-bond acceptors (Lipinski definition) is 7. The van der Waals surface area contributed by atoms with E-state index in [1.807, 2.05) is 0 Å². The summed E-state index contributed by atoms with van der Waals surface area (Å²) in [5, 5.41) is 9.24. The van der Waals surface area contributed by atoms with Gasteiger partial charge in [-0.15, -0.1) is 0 Å². The lowest BCUT2D eigenvalue weighted by molar-refractivity contribution is 0.0519. The second-order valence-electron chi connectivity index (χ2n) is 3.84. The molecule has 1 fully saturated rings. The molecule has 1 aliphatic rings. The van der Waals surface area contributed by atoms with Crippen molar-refractivity contribution in [3.05, 3.63) is 12.0 Å². The van der Waals surface area contributed by atoms with E-state index >= 15 is 0 Å². The summed E-state index contributed by atoms with van der Waals surface area (Å²) in [6.45, 7) is 3.47. The Bertz CT molecular complexity index is 406. The molecule has 2 rings (SSSR count). The number of rotatable bonds is 4. The topological polar surface area (TPSA) is 85.0 Å². The molecule has 0 bridgehead atoms. The van der Waals surface area contributed by atoms with Gasteiger partial charge < -0.3 is 23.9 Å². The van der Waals surface area contributed by atoms with Gasteiger partial charge in [0.05, 0.1) is 32.5 Å². The molecule has 1 unspecified atom stereocenters. The zero-order valence-electron chi connectivity index (χ0n) is 10.2. The summed E-state index contributed by atoms with van der Waals surface area (Å²) in [5.41, 5.74) is 0.134. The first-order valence-electron chi connectivity index (χ1n) is 5.84. The molecule has 0 amide bonds. The molecule has 18 heavy (non-hydrogen) atoms. The number of esters is 1. The normalized spacial score (nSPS) is 19.9. The van der Waals surface area contributed by atoms with E-state index in [0.717, 1.165) is 0 Å². The van der Waals surface area contributed by atoms with Gasteiger partial charge in [0.2, 0.25) is 0 Å². The maximum absolute atomic E-state index is 11.5. The van der Waals surface area contributed by atoms with Gasteiger partial charge in [-0.05, 0) is 6.92 Å². The van der Waals surface area contributed by atoms with Crippen LogP contribution >= 0.6 is 0 Å². The average molecular weight is 256 g/mol. The summed E-state index contributed by atoms with van der Waals surface area (Å²) in [7, 11) is 0. The van der Waals surface area contributed by atoms with Crippen LogP contribution in [0.5, 0.6) is 0 Å². The fourth-order valence-electron chi connectivity index (χ4n) is 1.75. The van der Waals surface area contributed by atoms with E-state index in [0.29, 0.717) is 25.8 Å². The van der Waals surface area contributed by atoms with Crippen molar-refractivity contribution in [1.29, 1.82) is 0 Å². The predicted octanol–water partition coefficient (Wildman–Crippen LogP) is 0.0488. The highest BCUT2D eigenvalue weighted by Gasteiger charge is 2.27. The molecule has 0 spiro atoms. The summed E-state index contributed by atoms with van der Waals surface area (Å²) >= 11 is 0. The molecule has 1 aromatic heterocycles. The van der Waals surface area contributed by atoms with Crippen LogP contribution in [-0.2, 0) is 9.47 Å². The van der Waals surface area contributed by atoms with Crippen molar-refractivity contribution in [2.75, 3.05) is 37.9 Å². The zero-order chi connectivity index (χ0) is 13.0. The second-order valence-corrected chi connectivity index (χ2v) is 3.84. The Balaban J connectivity index is 2.10. The largest absolute Gasteiger partial charge is 0.461 e. The average Bonchev–Trinajstić information content (AvgIpc) is 2.88. The molecule has 0 aliphatic carbocycles. The first-order valence-corrected chi connectivity index (χ1v) is 5.84. The van der Waals surface area contributed by atoms with Crippen LogP contribution in [0.15, 0.2) is 10.7 Å². The van der Waals surface area contributed by atoms with Gasteiger partial charge in [0, 0.05) is 6.54 Å². The molecule has 1 saturated heterocycles. The maximum atomic E-state index is 11.5. The number of hydrogen-bond donors (Lipinski definition) is 1. The van der Waals surface area contributed by atoms with E-state index in [-0.39, 0.29) is 24.9 Å². The van der Waals surface area contributed by atoms with Crippen LogP contribution in [0, 0.1) is 0 Å². The van der Waals surface area contributed by atoms with Crippen LogP contribution in [0.4, 0.5) is 6.01 Å². The Hall–Kier alpha value is -1.60. The van der Waals surface area contributed by atoms with E-state index < -0.39 is 5.97 Å². The number of oxazole rings is 1. The van der Waals surface area contributed by atoms with Crippen LogP contribution in [0.25, 0.3) is 0 Å². The Morgan fingerprint density at radius 1 is 1.72 bits per heavy atom. The summed E-state index contributed by atoms with van der Waals surface area (Å²) in [6, 6.07) is 0.104. The minimum atomic E-state index is -0.513. The highest BCUT2D eigenvalue weighted by Crippen LogP contribution is 2.19. The third kappa shape index (κ3) is 2.62. The monoisotopic (exact) mass is 256 g/mol. The smallest absolute Gasteiger partial charge is 0.360 e. The number of ether oxygens (including phenoxy) is 2. The SMILES string of the molecule is CCOC(=O)c1coc(N2CCOCC2CO)n1. The van der Waals surface area contributed by atoms with Crippen molar-refractivity contribution >= 4 is 12.0 Å². The van der Waals surface area contributed by atoms with Gasteiger partial charge in [0.25, 0.3) is 6.01 Å². The Kier molecular flexibility index (Phi) is 4.16. The van der Waals surface area contributed by atoms with Crippen LogP contribution < -0.4 is 4.90 Å². The Morgan fingerprint density at radius 2 is 2.56 bits per heavy atom. The number of aromatic nitrogens is 1. The molecule has 2 heterocycles. The molecular weight excluding hydrogens is 240 g/mol. The molecule has 0 saturated carbocycles. The molecule has 1 aromatic rings. The summed E-state index contributed by atoms with van der Waals surface area (Å²) < 4.78 is 15.3. The fraction of sp³-hybridized carbons (Fsp3) is 0.636. The molecule has 7 nitrogen and oxygen atoms in total. The predicted molar refractivity (Wildman–Crippen MR) is 61.5 cm³/mol. The Morgan fingerprint density at radius 3 is 3.28 bits per heavy atom. The molecule has 7 heteroatoms. The minimum absolute atomic E-state index is 0.0584. The Labute approximate surface area is 104 Å². The van der Waals surface area contributed by atoms with Crippen LogP contribution in [0.2, 0.25) is 0 Å². The van der Waals surface area contributed by atoms with Crippen molar-refractivity contribution in [2.24, 2.45) is 0 Å². The van der Waals surface area contributed by atoms with Crippen LogP contribution in [0.3, 0.4) is 0 Å². The third-order valence-electron chi connectivity index (χ3n) is 2.66. The van der Waals surface area contributed by atoms with E-state index in [1.165, 1.54) is 6.26 Å². The molecule has 0 radical (unpaired) electrons. The van der Waals surface area contributed by atoms with Crippen molar-refractivity contribution in [2.45, 2.75) is 13.0 Å². The lowest BCUT2D eigenvalue weighted by Crippen LogP contribution is -2.47. The third-order valence-corrected chi connectivity index (χ3v) is 2.66. The highest BCUT2D eigenvalue weighted by molar-refractivity contribution is 5.87. The van der Waals surface area contributed by atoms with Crippen molar-refractivity contribution in [3.8, 4) is 0 Å². The fourth-order valence-corrected chi connectivity index (χ4v) is 1.75. The summed E-state index contributed by atoms with van der Waals surface area (Å²) in [5.74, 6) is -0.513. The van der Waals surface area contributed by atoms with Gasteiger partial charge in [-0.25, -0.2) is 4.79 Å². The first kappa shape index (κ1) is 12.8. The van der Waals surface area contributed by atoms with Gasteiger partial charge >= 0.3 is 5.97 Å². The van der Waals surface area contributed by atoms with E-state index in [4.69, 9.17) is 13.9 Å². The van der Waals surface area contributed by atoms with Gasteiger partial charge in [-0.2, -0.15) is 4.98 Å². The van der Waals surface area contributed by atoms with Gasteiger partial charge in [-0.1, -0.05) is 0 Å². The van der Waals surface area contributed by atoms with Crippen molar-refractivity contribution in [3.63, 3.8) is 0 Å². The molecular formula is C11H16N2O5. The van der Waals surface area contributed by atoms with Crippen LogP contribution in [0.1, 0.15) is 17.4 Å². The maximum Gasteiger partial charge on any atom is 0.360 e. The zero-order valence-corrected chi connectivity index (χ0v) is 10.2. The van der Waals surface area contributed by atoms with Crippen LogP contribution in [-0.4, -0.2) is 55.1 Å². The number of morpholine rings is 1. The van der Waals surface area contributed by atoms with E-state index in [2.05, 4.69) is 4.98 Å². The van der Waals surface area contributed by atoms with Gasteiger partial charge in [0.15, 0.2) is 5.69 Å². The molecule has 1 aliphatic heterocycles. The highest BCUT2D eigenvalue weighted by atomic mass is 16.5. The number of aliphatic hydroxyl groups is 1. The quantitative estimate of drug-likeness (QED) is 0.762. The lowest BCUT2D eigenvalue weighted by atomic mass is 10.2. The molecule has 0 aromatic carbocycles.